The van der Waals surface area contributed by atoms with Crippen molar-refractivity contribution in [1.82, 2.24) is 9.88 Å². The Balaban J connectivity index is 1.63. The number of aromatic nitrogens is 1. The molecule has 1 aromatic carbocycles. The number of nitrogens with zero attached hydrogens (tertiary/aromatic N) is 1. The second kappa shape index (κ2) is 7.00. The van der Waals surface area contributed by atoms with E-state index in [1.807, 2.05) is 24.8 Å². The Bertz CT molecular complexity index is 740. The van der Waals surface area contributed by atoms with Crippen molar-refractivity contribution < 1.29 is 14.3 Å². The summed E-state index contributed by atoms with van der Waals surface area (Å²) in [5.74, 6) is 0.139. The summed E-state index contributed by atoms with van der Waals surface area (Å²) < 4.78 is 13.4. The number of carbonyl (C=O) groups excluding carboxylic acids is 1. The average molecular weight is 344 g/mol. The van der Waals surface area contributed by atoms with Crippen LogP contribution < -0.4 is 0 Å². The number of aliphatic hydroxyl groups is 1. The molecule has 134 valence electrons. The molecule has 1 amide bonds. The molecule has 25 heavy (non-hydrogen) atoms. The highest BCUT2D eigenvalue weighted by Crippen LogP contribution is 2.27. The molecule has 5 heteroatoms. The van der Waals surface area contributed by atoms with Crippen LogP contribution in [-0.4, -0.2) is 39.6 Å². The minimum Gasteiger partial charge on any atom is -0.390 e. The average Bonchev–Trinajstić information content (AvgIpc) is 3.03. The first-order valence-corrected chi connectivity index (χ1v) is 8.78. The number of aromatic amines is 1. The molecule has 0 aliphatic carbocycles. The zero-order chi connectivity index (χ0) is 18.0. The quantitative estimate of drug-likeness (QED) is 0.885. The Morgan fingerprint density at radius 3 is 2.64 bits per heavy atom. The lowest BCUT2D eigenvalue weighted by Crippen LogP contribution is -2.40. The van der Waals surface area contributed by atoms with Crippen molar-refractivity contribution in [2.45, 2.75) is 38.7 Å². The van der Waals surface area contributed by atoms with E-state index in [1.54, 1.807) is 18.3 Å². The molecule has 0 radical (unpaired) electrons. The lowest BCUT2D eigenvalue weighted by atomic mass is 9.86. The molecule has 1 aromatic heterocycles. The van der Waals surface area contributed by atoms with E-state index in [4.69, 9.17) is 0 Å². The summed E-state index contributed by atoms with van der Waals surface area (Å²) in [5, 5.41) is 9.94. The van der Waals surface area contributed by atoms with Crippen molar-refractivity contribution >= 4 is 5.91 Å². The number of hydrogen-bond donors (Lipinski definition) is 2. The number of H-pyrrole nitrogens is 1. The molecule has 0 spiro atoms. The van der Waals surface area contributed by atoms with Gasteiger partial charge in [-0.25, -0.2) is 4.39 Å². The molecule has 0 saturated carbocycles. The van der Waals surface area contributed by atoms with Crippen molar-refractivity contribution in [3.63, 3.8) is 0 Å². The van der Waals surface area contributed by atoms with Crippen LogP contribution in [0.5, 0.6) is 0 Å². The Kier molecular flexibility index (Phi) is 4.95. The summed E-state index contributed by atoms with van der Waals surface area (Å²) in [5.41, 5.74) is 1.43. The normalized spacial score (nSPS) is 16.2. The van der Waals surface area contributed by atoms with Gasteiger partial charge in [-0.3, -0.25) is 4.79 Å². The Morgan fingerprint density at radius 2 is 2.00 bits per heavy atom. The van der Waals surface area contributed by atoms with Crippen LogP contribution in [0.4, 0.5) is 4.39 Å². The maximum Gasteiger partial charge on any atom is 0.270 e. The maximum atomic E-state index is 13.4. The monoisotopic (exact) mass is 344 g/mol. The fourth-order valence-electron chi connectivity index (χ4n) is 3.57. The van der Waals surface area contributed by atoms with Gasteiger partial charge in [0.2, 0.25) is 0 Å². The third-order valence-corrected chi connectivity index (χ3v) is 4.76. The van der Waals surface area contributed by atoms with Gasteiger partial charge >= 0.3 is 0 Å². The van der Waals surface area contributed by atoms with Gasteiger partial charge in [-0.15, -0.1) is 0 Å². The summed E-state index contributed by atoms with van der Waals surface area (Å²) in [6.07, 6.45) is 4.32. The second-order valence-corrected chi connectivity index (χ2v) is 7.56. The van der Waals surface area contributed by atoms with Crippen LogP contribution in [0.25, 0.3) is 11.1 Å². The van der Waals surface area contributed by atoms with Crippen LogP contribution >= 0.6 is 0 Å². The smallest absolute Gasteiger partial charge is 0.270 e. The Labute approximate surface area is 147 Å². The molecular formula is C20H25FN2O2. The number of piperidine rings is 1. The van der Waals surface area contributed by atoms with Gasteiger partial charge in [-0.2, -0.15) is 0 Å². The first-order valence-electron chi connectivity index (χ1n) is 8.78. The van der Waals surface area contributed by atoms with E-state index >= 15 is 0 Å². The first-order chi connectivity index (χ1) is 11.8. The highest BCUT2D eigenvalue weighted by molar-refractivity contribution is 5.94. The summed E-state index contributed by atoms with van der Waals surface area (Å²) in [7, 11) is 0. The van der Waals surface area contributed by atoms with Gasteiger partial charge in [-0.1, -0.05) is 12.1 Å². The molecule has 2 heterocycles. The lowest BCUT2D eigenvalue weighted by Gasteiger charge is -2.34. The number of benzene rings is 1. The van der Waals surface area contributed by atoms with E-state index in [0.29, 0.717) is 24.7 Å². The molecule has 1 fully saturated rings. The summed E-state index contributed by atoms with van der Waals surface area (Å²) in [6.45, 7) is 5.07. The first kappa shape index (κ1) is 17.7. The van der Waals surface area contributed by atoms with Crippen molar-refractivity contribution in [2.24, 2.45) is 5.92 Å². The number of hydrogen-bond acceptors (Lipinski definition) is 2. The maximum absolute atomic E-state index is 13.4. The van der Waals surface area contributed by atoms with Gasteiger partial charge in [0, 0.05) is 24.8 Å². The van der Waals surface area contributed by atoms with Crippen LogP contribution in [0.1, 0.15) is 43.6 Å². The lowest BCUT2D eigenvalue weighted by molar-refractivity contribution is 0.0357. The topological polar surface area (TPSA) is 56.3 Å². The van der Waals surface area contributed by atoms with Crippen LogP contribution in [-0.2, 0) is 0 Å². The van der Waals surface area contributed by atoms with E-state index in [2.05, 4.69) is 4.98 Å². The van der Waals surface area contributed by atoms with Gasteiger partial charge in [0.05, 0.1) is 5.60 Å². The van der Waals surface area contributed by atoms with Gasteiger partial charge in [0.15, 0.2) is 0 Å². The van der Waals surface area contributed by atoms with Crippen LogP contribution in [0.15, 0.2) is 36.5 Å². The molecule has 0 atom stereocenters. The summed E-state index contributed by atoms with van der Waals surface area (Å²) >= 11 is 0. The van der Waals surface area contributed by atoms with E-state index < -0.39 is 5.60 Å². The second-order valence-electron chi connectivity index (χ2n) is 7.56. The number of likely N-dealkylation sites (tertiary alicyclic amines) is 1. The number of amides is 1. The van der Waals surface area contributed by atoms with Crippen molar-refractivity contribution in [1.29, 1.82) is 0 Å². The van der Waals surface area contributed by atoms with Gasteiger partial charge < -0.3 is 15.0 Å². The van der Waals surface area contributed by atoms with E-state index in [0.717, 1.165) is 30.4 Å². The van der Waals surface area contributed by atoms with Crippen molar-refractivity contribution in [3.05, 3.63) is 48.0 Å². The SMILES string of the molecule is CC(C)(O)CC1CCN(C(=O)c2cc(-c3cccc(F)c3)c[nH]2)CC1. The molecule has 0 bridgehead atoms. The largest absolute Gasteiger partial charge is 0.390 e. The molecule has 2 aromatic rings. The third-order valence-electron chi connectivity index (χ3n) is 4.76. The predicted molar refractivity (Wildman–Crippen MR) is 95.7 cm³/mol. The molecule has 0 unspecified atom stereocenters. The van der Waals surface area contributed by atoms with Crippen LogP contribution in [0.2, 0.25) is 0 Å². The predicted octanol–water partition coefficient (Wildman–Crippen LogP) is 3.83. The summed E-state index contributed by atoms with van der Waals surface area (Å²) in [4.78, 5) is 17.5. The van der Waals surface area contributed by atoms with Crippen molar-refractivity contribution in [2.75, 3.05) is 13.1 Å². The van der Waals surface area contributed by atoms with Crippen LogP contribution in [0, 0.1) is 11.7 Å². The Hall–Kier alpha value is -2.14. The van der Waals surface area contributed by atoms with E-state index in [-0.39, 0.29) is 11.7 Å². The fourth-order valence-corrected chi connectivity index (χ4v) is 3.57. The van der Waals surface area contributed by atoms with Crippen molar-refractivity contribution in [3.8, 4) is 11.1 Å². The van der Waals surface area contributed by atoms with Gasteiger partial charge in [0.25, 0.3) is 5.91 Å². The third kappa shape index (κ3) is 4.48. The zero-order valence-corrected chi connectivity index (χ0v) is 14.8. The molecule has 2 N–H and O–H groups in total. The van der Waals surface area contributed by atoms with Crippen LogP contribution in [0.3, 0.4) is 0 Å². The number of carbonyl (C=O) groups is 1. The highest BCUT2D eigenvalue weighted by Gasteiger charge is 2.27. The van der Waals surface area contributed by atoms with E-state index in [9.17, 15) is 14.3 Å². The fraction of sp³-hybridized carbons (Fsp3) is 0.450. The standard InChI is InChI=1S/C20H25FN2O2/c1-20(2,25)12-14-6-8-23(9-7-14)19(24)18-11-16(13-22-18)15-4-3-5-17(21)10-15/h3-5,10-11,13-14,22,25H,6-9,12H2,1-2H3. The van der Waals surface area contributed by atoms with Gasteiger partial charge in [-0.05, 0) is 62.8 Å². The number of nitrogens with one attached hydrogen (secondary N) is 1. The summed E-state index contributed by atoms with van der Waals surface area (Å²) in [6, 6.07) is 8.12. The highest BCUT2D eigenvalue weighted by atomic mass is 19.1. The number of halogens is 1. The molecule has 3 rings (SSSR count). The molecule has 1 aliphatic heterocycles. The van der Waals surface area contributed by atoms with Gasteiger partial charge in [0.1, 0.15) is 11.5 Å². The molecule has 1 aliphatic rings. The zero-order valence-electron chi connectivity index (χ0n) is 14.8. The number of rotatable bonds is 4. The minimum atomic E-state index is -0.657. The van der Waals surface area contributed by atoms with E-state index in [1.165, 1.54) is 12.1 Å². The minimum absolute atomic E-state index is 0.0237. The molecule has 4 nitrogen and oxygen atoms in total. The Morgan fingerprint density at radius 1 is 1.28 bits per heavy atom. The molecule has 1 saturated heterocycles. The molecular weight excluding hydrogens is 319 g/mol.